The summed E-state index contributed by atoms with van der Waals surface area (Å²) < 4.78 is 0. The molecule has 0 fully saturated rings. The fraction of sp³-hybridized carbons (Fsp3) is 0.763. The summed E-state index contributed by atoms with van der Waals surface area (Å²) in [5.41, 5.74) is 1.21. The van der Waals surface area contributed by atoms with Gasteiger partial charge in [-0.15, -0.1) is 0 Å². The minimum absolute atomic E-state index is 0.0261. The van der Waals surface area contributed by atoms with Gasteiger partial charge in [-0.25, -0.2) is 0 Å². The van der Waals surface area contributed by atoms with Gasteiger partial charge < -0.3 is 68.7 Å². The standard InChI is InChI=1S/C12H17NO.2C9H19NO.C8H17NO.C7H14N2O2.C7H15NO2.C6H13NO2.2C6H13NO.C5H11NO.CO2/c1-3-13-12(14)10(2)9-11-7-5-4-6-8-11;1-5-10-9(11)8(4)6-7(2)3;1-5-7(3)8(4)9(11)10-6-2;1-5-9-8(10)7(4)6(2)3;1-3-9-7(11)6(2)4-8-5-10;1-4-8-7(10)5(2)6(3)9;1-3-7-6(9)5(2)4-8;2*1-4-7-6(8)5(2)3;1-3-5(7)6-4-2;2-1-3/h4-8,10H,3,9H2,1-2H3,(H,13,14);2*7-8H,5-6H2,1-4H3,(H,10,11);6-7H,5H2,1-4H3,(H,9,10);5-6H,3-4H2,1-2H3,(H,8,10)(H,9,11);5-6,9H,4H2,1-3H3,(H,8,10);5,8H,3-4H2,1-2H3,(H,7,9);2*5H,4H2,1-3H3,(H,7,8);3-4H2,1-2H3,(H,6,7);. The molecule has 11 amide bonds. The first-order valence-corrected chi connectivity index (χ1v) is 36.9. The van der Waals surface area contributed by atoms with Gasteiger partial charge in [-0.3, -0.25) is 52.7 Å². The normalized spacial score (nSPS) is 12.2. The number of carbonyl (C=O) groups is 11. The van der Waals surface area contributed by atoms with Gasteiger partial charge in [0.2, 0.25) is 65.5 Å². The number of amides is 11. The first-order chi connectivity index (χ1) is 47.6. The minimum Gasteiger partial charge on any atom is -0.396 e. The summed E-state index contributed by atoms with van der Waals surface area (Å²) in [4.78, 5) is 135. The largest absolute Gasteiger partial charge is 0.396 e. The zero-order valence-corrected chi connectivity index (χ0v) is 69.0. The lowest BCUT2D eigenvalue weighted by molar-refractivity contribution is -0.192. The van der Waals surface area contributed by atoms with Crippen LogP contribution in [0.25, 0.3) is 0 Å². The Balaban J connectivity index is -0.000000115. The monoisotopic (exact) mass is 1460 g/mol. The third-order valence-electron chi connectivity index (χ3n) is 14.1. The van der Waals surface area contributed by atoms with E-state index in [9.17, 15) is 52.7 Å². The van der Waals surface area contributed by atoms with Gasteiger partial charge in [-0.05, 0) is 112 Å². The van der Waals surface area contributed by atoms with Crippen LogP contribution in [0.5, 0.6) is 0 Å². The topological polar surface area (TPSA) is 395 Å². The van der Waals surface area contributed by atoms with Crippen LogP contribution in [0.15, 0.2) is 30.3 Å². The van der Waals surface area contributed by atoms with Gasteiger partial charge in [0.05, 0.1) is 30.5 Å². The lowest BCUT2D eigenvalue weighted by Crippen LogP contribution is -2.34. The molecule has 0 heterocycles. The highest BCUT2D eigenvalue weighted by Crippen LogP contribution is 2.14. The van der Waals surface area contributed by atoms with E-state index in [-0.39, 0.29) is 125 Å². The van der Waals surface area contributed by atoms with Gasteiger partial charge in [0.25, 0.3) is 0 Å². The van der Waals surface area contributed by atoms with Crippen molar-refractivity contribution >= 4 is 71.6 Å². The first kappa shape index (κ1) is 116. The fourth-order valence-corrected chi connectivity index (χ4v) is 6.89. The maximum absolute atomic E-state index is 11.4. The van der Waals surface area contributed by atoms with Gasteiger partial charge in [0, 0.05) is 114 Å². The molecule has 1 aromatic rings. The van der Waals surface area contributed by atoms with E-state index in [1.54, 1.807) is 27.7 Å². The van der Waals surface area contributed by atoms with Crippen molar-refractivity contribution in [3.8, 4) is 0 Å². The number of carbonyl (C=O) groups excluding carboxylic acids is 13. The van der Waals surface area contributed by atoms with Crippen LogP contribution in [0.4, 0.5) is 0 Å². The molecule has 0 aliphatic heterocycles. The van der Waals surface area contributed by atoms with Gasteiger partial charge in [0.1, 0.15) is 0 Å². The molecular formula is C76H151N11O15. The highest BCUT2D eigenvalue weighted by atomic mass is 16.3. The van der Waals surface area contributed by atoms with Crippen molar-refractivity contribution in [1.29, 1.82) is 0 Å². The Morgan fingerprint density at radius 3 is 0.971 bits per heavy atom. The Morgan fingerprint density at radius 1 is 0.402 bits per heavy atom. The molecule has 0 bridgehead atoms. The molecule has 9 atom stereocenters. The molecule has 0 aliphatic carbocycles. The van der Waals surface area contributed by atoms with E-state index in [2.05, 4.69) is 112 Å². The number of hydrogen-bond donors (Lipinski definition) is 13. The molecule has 0 spiro atoms. The predicted molar refractivity (Wildman–Crippen MR) is 413 cm³/mol. The molecule has 1 rings (SSSR count). The highest BCUT2D eigenvalue weighted by molar-refractivity contribution is 5.81. The number of nitrogens with one attached hydrogen (secondary N) is 11. The summed E-state index contributed by atoms with van der Waals surface area (Å²) in [6, 6.07) is 10.1. The summed E-state index contributed by atoms with van der Waals surface area (Å²) in [5, 5.41) is 47.1. The Bertz CT molecular complexity index is 2200. The van der Waals surface area contributed by atoms with Crippen LogP contribution in [0, 0.1) is 71.0 Å². The van der Waals surface area contributed by atoms with Crippen molar-refractivity contribution in [2.75, 3.05) is 78.6 Å². The van der Waals surface area contributed by atoms with E-state index in [0.29, 0.717) is 63.3 Å². The SMILES string of the molecule is CCNC(=O)C(C)C.CCNC(=O)C(C)C.CCNC(=O)C(C)C(C)C.CCNC(=O)C(C)C(C)CC.CCNC(=O)C(C)C(C)O.CCNC(=O)C(C)CC(C)C.CCNC(=O)C(C)CNC=O.CCNC(=O)C(C)CO.CCNC(=O)C(C)Cc1ccccc1.CCNC(=O)CC.O=C=O. The Kier molecular flexibility index (Phi) is 93.9. The van der Waals surface area contributed by atoms with Crippen molar-refractivity contribution in [2.45, 2.75) is 233 Å². The van der Waals surface area contributed by atoms with Crippen molar-refractivity contribution in [3.05, 3.63) is 35.9 Å². The van der Waals surface area contributed by atoms with Crippen LogP contribution in [0.2, 0.25) is 0 Å². The second-order valence-corrected chi connectivity index (χ2v) is 25.1. The van der Waals surface area contributed by atoms with Gasteiger partial charge in [-0.2, -0.15) is 9.59 Å². The van der Waals surface area contributed by atoms with Crippen LogP contribution in [0.3, 0.4) is 0 Å². The number of hydrogen-bond acceptors (Lipinski definition) is 15. The molecule has 0 radical (unpaired) electrons. The summed E-state index contributed by atoms with van der Waals surface area (Å²) in [5.74, 6) is 2.40. The minimum atomic E-state index is -0.563. The molecule has 0 saturated carbocycles. The molecule has 26 heteroatoms. The van der Waals surface area contributed by atoms with Gasteiger partial charge in [0.15, 0.2) is 0 Å². The lowest BCUT2D eigenvalue weighted by atomic mass is 9.93. The van der Waals surface area contributed by atoms with Gasteiger partial charge in [-0.1, -0.05) is 161 Å². The number of aliphatic hydroxyl groups is 2. The average Bonchev–Trinajstić information content (AvgIpc) is 0.944. The zero-order valence-electron chi connectivity index (χ0n) is 69.0. The van der Waals surface area contributed by atoms with E-state index in [0.717, 1.165) is 58.5 Å². The summed E-state index contributed by atoms with van der Waals surface area (Å²) in [6.45, 7) is 63.0. The smallest absolute Gasteiger partial charge is 0.373 e. The summed E-state index contributed by atoms with van der Waals surface area (Å²) in [7, 11) is 0. The molecule has 1 aromatic carbocycles. The molecule has 102 heavy (non-hydrogen) atoms. The third-order valence-corrected chi connectivity index (χ3v) is 14.1. The van der Waals surface area contributed by atoms with E-state index >= 15 is 0 Å². The van der Waals surface area contributed by atoms with Crippen LogP contribution in [-0.2, 0) is 68.7 Å². The highest BCUT2D eigenvalue weighted by Gasteiger charge is 2.19. The van der Waals surface area contributed by atoms with Gasteiger partial charge >= 0.3 is 6.15 Å². The second-order valence-electron chi connectivity index (χ2n) is 25.1. The molecule has 0 aromatic heterocycles. The molecule has 0 saturated heterocycles. The molecule has 600 valence electrons. The van der Waals surface area contributed by atoms with E-state index in [1.807, 2.05) is 150 Å². The molecular weight excluding hydrogens is 1310 g/mol. The molecule has 13 N–H and O–H groups in total. The summed E-state index contributed by atoms with van der Waals surface area (Å²) >= 11 is 0. The molecule has 9 unspecified atom stereocenters. The van der Waals surface area contributed by atoms with Crippen LogP contribution in [0.1, 0.15) is 226 Å². The van der Waals surface area contributed by atoms with E-state index in [4.69, 9.17) is 19.8 Å². The average molecular weight is 1460 g/mol. The molecule has 26 nitrogen and oxygen atoms in total. The quantitative estimate of drug-likeness (QED) is 0.0305. The van der Waals surface area contributed by atoms with Crippen molar-refractivity contribution < 1.29 is 72.5 Å². The van der Waals surface area contributed by atoms with Crippen molar-refractivity contribution in [1.82, 2.24) is 58.5 Å². The zero-order chi connectivity index (χ0) is 81.9. The fourth-order valence-electron chi connectivity index (χ4n) is 6.89. The Morgan fingerprint density at radius 2 is 0.706 bits per heavy atom. The first-order valence-electron chi connectivity index (χ1n) is 36.9. The Hall–Kier alpha value is -7.31. The van der Waals surface area contributed by atoms with Crippen molar-refractivity contribution in [3.63, 3.8) is 0 Å². The molecule has 0 aliphatic rings. The maximum Gasteiger partial charge on any atom is 0.373 e. The summed E-state index contributed by atoms with van der Waals surface area (Å²) in [6.07, 6.45) is 3.73. The van der Waals surface area contributed by atoms with E-state index < -0.39 is 6.10 Å². The predicted octanol–water partition coefficient (Wildman–Crippen LogP) is 7.93. The van der Waals surface area contributed by atoms with Crippen molar-refractivity contribution in [2.24, 2.45) is 71.0 Å². The number of rotatable bonds is 32. The van der Waals surface area contributed by atoms with Crippen LogP contribution < -0.4 is 58.5 Å². The third kappa shape index (κ3) is 83.4. The number of benzene rings is 1. The lowest BCUT2D eigenvalue weighted by Gasteiger charge is -2.16. The Labute approximate surface area is 618 Å². The van der Waals surface area contributed by atoms with Crippen LogP contribution >= 0.6 is 0 Å². The maximum atomic E-state index is 11.4. The van der Waals surface area contributed by atoms with E-state index in [1.165, 1.54) is 5.56 Å². The second kappa shape index (κ2) is 82.6. The van der Waals surface area contributed by atoms with Crippen LogP contribution in [-0.4, -0.2) is 167 Å². The number of aliphatic hydroxyl groups excluding tert-OH is 2.